The molecule has 6 nitrogen and oxygen atoms in total. The van der Waals surface area contributed by atoms with Crippen LogP contribution in [0.2, 0.25) is 5.02 Å². The Morgan fingerprint density at radius 3 is 2.31 bits per heavy atom. The fourth-order valence-electron chi connectivity index (χ4n) is 5.52. The van der Waals surface area contributed by atoms with Crippen LogP contribution in [-0.4, -0.2) is 28.6 Å². The van der Waals surface area contributed by atoms with E-state index in [-0.39, 0.29) is 5.91 Å². The van der Waals surface area contributed by atoms with E-state index >= 15 is 0 Å². The molecule has 0 unspecified atom stereocenters. The van der Waals surface area contributed by atoms with Crippen molar-refractivity contribution in [2.45, 2.75) is 32.7 Å². The van der Waals surface area contributed by atoms with Gasteiger partial charge in [0.2, 0.25) is 0 Å². The van der Waals surface area contributed by atoms with E-state index in [1.807, 2.05) is 43.3 Å². The lowest BCUT2D eigenvalue weighted by atomic mass is 9.97. The van der Waals surface area contributed by atoms with Gasteiger partial charge in [-0.15, -0.1) is 0 Å². The first-order valence-corrected chi connectivity index (χ1v) is 13.7. The van der Waals surface area contributed by atoms with Crippen LogP contribution in [0.5, 0.6) is 11.5 Å². The van der Waals surface area contributed by atoms with Gasteiger partial charge in [0.25, 0.3) is 5.91 Å². The van der Waals surface area contributed by atoms with Crippen molar-refractivity contribution in [3.63, 3.8) is 0 Å². The molecule has 0 aliphatic carbocycles. The Labute approximate surface area is 232 Å². The average molecular weight is 540 g/mol. The summed E-state index contributed by atoms with van der Waals surface area (Å²) in [6.07, 6.45) is 5.11. The Morgan fingerprint density at radius 1 is 0.923 bits per heavy atom. The highest BCUT2D eigenvalue weighted by Gasteiger charge is 2.29. The third-order valence-corrected chi connectivity index (χ3v) is 7.54. The first-order valence-electron chi connectivity index (χ1n) is 13.3. The van der Waals surface area contributed by atoms with Crippen molar-refractivity contribution in [1.29, 1.82) is 0 Å². The van der Waals surface area contributed by atoms with Gasteiger partial charge in [0.1, 0.15) is 22.8 Å². The third kappa shape index (κ3) is 4.66. The number of aryl methyl sites for hydroxylation is 2. The Hall–Kier alpha value is -4.16. The molecule has 2 aromatic heterocycles. The second-order valence-corrected chi connectivity index (χ2v) is 10.1. The maximum atomic E-state index is 14.0. The molecular formula is C32H30ClN3O3. The van der Waals surface area contributed by atoms with Gasteiger partial charge < -0.3 is 19.4 Å². The third-order valence-electron chi connectivity index (χ3n) is 7.29. The molecule has 3 aromatic carbocycles. The molecule has 0 fully saturated rings. The van der Waals surface area contributed by atoms with E-state index in [1.165, 1.54) is 5.56 Å². The van der Waals surface area contributed by atoms with Crippen LogP contribution in [-0.2, 0) is 13.0 Å². The van der Waals surface area contributed by atoms with Gasteiger partial charge >= 0.3 is 0 Å². The molecule has 0 radical (unpaired) electrons. The number of ether oxygens (including phenoxy) is 2. The van der Waals surface area contributed by atoms with Gasteiger partial charge in [-0.05, 0) is 98.0 Å². The molecule has 0 saturated carbocycles. The fraction of sp³-hybridized carbons (Fsp3) is 0.219. The highest BCUT2D eigenvalue weighted by Crippen LogP contribution is 2.40. The van der Waals surface area contributed by atoms with Gasteiger partial charge in [0.15, 0.2) is 0 Å². The maximum Gasteiger partial charge on any atom is 0.273 e. The summed E-state index contributed by atoms with van der Waals surface area (Å²) in [4.78, 5) is 14.0. The zero-order chi connectivity index (χ0) is 26.9. The highest BCUT2D eigenvalue weighted by atomic mass is 35.5. The summed E-state index contributed by atoms with van der Waals surface area (Å²) in [5.74, 6) is 1.46. The minimum atomic E-state index is -0.165. The van der Waals surface area contributed by atoms with Gasteiger partial charge in [0, 0.05) is 34.6 Å². The summed E-state index contributed by atoms with van der Waals surface area (Å²) in [7, 11) is 1.67. The number of hydrogen-bond acceptors (Lipinski definition) is 3. The maximum absolute atomic E-state index is 14.0. The number of carbonyl (C=O) groups is 1. The number of benzene rings is 3. The predicted molar refractivity (Wildman–Crippen MR) is 156 cm³/mol. The first kappa shape index (κ1) is 25.1. The standard InChI is InChI=1S/C32H30ClN3O3/c1-3-39-26-17-9-22(10-18-26)29-27-6-4-5-19-35-28(21-7-15-25(38-2)16-8-21)20-36(32(27)35)30(29)31(37)34-24-13-11-23(33)12-14-24/h7-18,20H,3-6,19H2,1-2H3,(H,34,37). The van der Waals surface area contributed by atoms with Gasteiger partial charge in [-0.25, -0.2) is 0 Å². The monoisotopic (exact) mass is 539 g/mol. The Kier molecular flexibility index (Phi) is 6.79. The Balaban J connectivity index is 1.56. The second kappa shape index (κ2) is 10.5. The molecule has 39 heavy (non-hydrogen) atoms. The highest BCUT2D eigenvalue weighted by molar-refractivity contribution is 6.30. The second-order valence-electron chi connectivity index (χ2n) is 9.67. The van der Waals surface area contributed by atoms with Crippen LogP contribution < -0.4 is 14.8 Å². The van der Waals surface area contributed by atoms with Crippen LogP contribution in [0, 0.1) is 0 Å². The number of carbonyl (C=O) groups excluding carboxylic acids is 1. The number of anilines is 1. The van der Waals surface area contributed by atoms with Crippen molar-refractivity contribution in [2.75, 3.05) is 19.0 Å². The van der Waals surface area contributed by atoms with Crippen molar-refractivity contribution in [1.82, 2.24) is 8.97 Å². The molecule has 3 heterocycles. The van der Waals surface area contributed by atoms with Gasteiger partial charge in [-0.3, -0.25) is 9.20 Å². The van der Waals surface area contributed by atoms with Crippen molar-refractivity contribution in [2.24, 2.45) is 0 Å². The van der Waals surface area contributed by atoms with Crippen LogP contribution in [0.4, 0.5) is 5.69 Å². The number of hydrogen-bond donors (Lipinski definition) is 1. The molecule has 0 atom stereocenters. The molecule has 6 rings (SSSR count). The van der Waals surface area contributed by atoms with Gasteiger partial charge in [-0.1, -0.05) is 23.7 Å². The van der Waals surface area contributed by atoms with Gasteiger partial charge in [0.05, 0.1) is 19.4 Å². The molecule has 5 aromatic rings. The molecule has 0 saturated heterocycles. The minimum Gasteiger partial charge on any atom is -0.497 e. The number of halogens is 1. The van der Waals surface area contributed by atoms with E-state index in [1.54, 1.807) is 19.2 Å². The van der Waals surface area contributed by atoms with E-state index in [4.69, 9.17) is 21.1 Å². The predicted octanol–water partition coefficient (Wildman–Crippen LogP) is 7.72. The van der Waals surface area contributed by atoms with Gasteiger partial charge in [-0.2, -0.15) is 0 Å². The number of imidazole rings is 1. The fourth-order valence-corrected chi connectivity index (χ4v) is 5.65. The molecule has 1 aliphatic heterocycles. The molecule has 1 N–H and O–H groups in total. The van der Waals surface area contributed by atoms with Crippen LogP contribution in [0.25, 0.3) is 28.0 Å². The first-order chi connectivity index (χ1) is 19.1. The number of methoxy groups -OCH3 is 1. The molecule has 0 spiro atoms. The Morgan fingerprint density at radius 2 is 1.62 bits per heavy atom. The summed E-state index contributed by atoms with van der Waals surface area (Å²) in [5, 5.41) is 3.73. The summed E-state index contributed by atoms with van der Waals surface area (Å²) in [6, 6.07) is 23.3. The van der Waals surface area contributed by atoms with Crippen molar-refractivity contribution in [3.8, 4) is 33.9 Å². The normalized spacial score (nSPS) is 12.8. The smallest absolute Gasteiger partial charge is 0.273 e. The zero-order valence-electron chi connectivity index (χ0n) is 22.0. The number of amides is 1. The molecule has 1 aliphatic rings. The van der Waals surface area contributed by atoms with E-state index < -0.39 is 0 Å². The van der Waals surface area contributed by atoms with Crippen molar-refractivity contribution in [3.05, 3.63) is 95.3 Å². The lowest BCUT2D eigenvalue weighted by Gasteiger charge is -2.11. The number of rotatable bonds is 7. The van der Waals surface area contributed by atoms with E-state index in [0.29, 0.717) is 23.0 Å². The molecule has 198 valence electrons. The largest absolute Gasteiger partial charge is 0.497 e. The minimum absolute atomic E-state index is 0.165. The summed E-state index contributed by atoms with van der Waals surface area (Å²) >= 11 is 6.09. The Bertz CT molecular complexity index is 1630. The quantitative estimate of drug-likeness (QED) is 0.230. The molecule has 1 amide bonds. The SMILES string of the molecule is CCOc1ccc(-c2c3c4n(c(-c5ccc(OC)cc5)cn4c2C(=O)Nc2ccc(Cl)cc2)CCCC3)cc1. The molecule has 0 bridgehead atoms. The average Bonchev–Trinajstić information content (AvgIpc) is 3.38. The van der Waals surface area contributed by atoms with Crippen molar-refractivity contribution < 1.29 is 14.3 Å². The lowest BCUT2D eigenvalue weighted by Crippen LogP contribution is -2.15. The zero-order valence-corrected chi connectivity index (χ0v) is 22.8. The topological polar surface area (TPSA) is 56.9 Å². The van der Waals surface area contributed by atoms with Crippen LogP contribution in [0.15, 0.2) is 79.0 Å². The number of nitrogens with zero attached hydrogens (tertiary/aromatic N) is 2. The summed E-state index contributed by atoms with van der Waals surface area (Å²) in [6.45, 7) is 3.46. The summed E-state index contributed by atoms with van der Waals surface area (Å²) < 4.78 is 15.5. The van der Waals surface area contributed by atoms with E-state index in [2.05, 4.69) is 44.7 Å². The van der Waals surface area contributed by atoms with Crippen molar-refractivity contribution >= 4 is 28.8 Å². The van der Waals surface area contributed by atoms with Crippen LogP contribution in [0.3, 0.4) is 0 Å². The number of nitrogens with one attached hydrogen (secondary N) is 1. The lowest BCUT2D eigenvalue weighted by molar-refractivity contribution is 0.102. The van der Waals surface area contributed by atoms with E-state index in [9.17, 15) is 4.79 Å². The van der Waals surface area contributed by atoms with E-state index in [0.717, 1.165) is 65.3 Å². The number of aromatic nitrogens is 2. The summed E-state index contributed by atoms with van der Waals surface area (Å²) in [5.41, 5.74) is 7.71. The van der Waals surface area contributed by atoms with Crippen LogP contribution >= 0.6 is 11.6 Å². The molecule has 7 heteroatoms. The molecular weight excluding hydrogens is 510 g/mol. The van der Waals surface area contributed by atoms with Crippen LogP contribution in [0.1, 0.15) is 35.8 Å².